The van der Waals surface area contributed by atoms with E-state index in [-0.39, 0.29) is 23.8 Å². The van der Waals surface area contributed by atoms with Crippen LogP contribution in [0.15, 0.2) is 54.2 Å². The van der Waals surface area contributed by atoms with Crippen LogP contribution >= 0.6 is 11.3 Å². The molecular formula is C23H22FN5OS. The van der Waals surface area contributed by atoms with Crippen LogP contribution in [-0.4, -0.2) is 32.6 Å². The van der Waals surface area contributed by atoms with E-state index in [2.05, 4.69) is 15.4 Å². The molecule has 3 heterocycles. The fourth-order valence-corrected chi connectivity index (χ4v) is 4.84. The van der Waals surface area contributed by atoms with E-state index in [0.717, 1.165) is 48.1 Å². The molecule has 1 amide bonds. The highest BCUT2D eigenvalue weighted by molar-refractivity contribution is 7.12. The van der Waals surface area contributed by atoms with E-state index in [9.17, 15) is 9.18 Å². The fraction of sp³-hybridized carbons (Fsp3) is 0.261. The van der Waals surface area contributed by atoms with E-state index in [1.54, 1.807) is 29.0 Å². The summed E-state index contributed by atoms with van der Waals surface area (Å²) < 4.78 is 14.9. The lowest BCUT2D eigenvalue weighted by Gasteiger charge is -2.29. The van der Waals surface area contributed by atoms with Crippen LogP contribution in [0.25, 0.3) is 28.0 Å². The van der Waals surface area contributed by atoms with Crippen LogP contribution in [0, 0.1) is 5.82 Å². The molecule has 0 aliphatic heterocycles. The summed E-state index contributed by atoms with van der Waals surface area (Å²) in [6.07, 6.45) is 7.59. The van der Waals surface area contributed by atoms with Gasteiger partial charge in [0.25, 0.3) is 5.91 Å². The zero-order valence-corrected chi connectivity index (χ0v) is 17.6. The molecule has 5 rings (SSSR count). The molecule has 3 N–H and O–H groups in total. The van der Waals surface area contributed by atoms with Gasteiger partial charge >= 0.3 is 0 Å². The number of amides is 1. The Morgan fingerprint density at radius 1 is 1.10 bits per heavy atom. The number of nitrogens with zero attached hydrogens (tertiary/aromatic N) is 3. The van der Waals surface area contributed by atoms with Gasteiger partial charge in [-0.1, -0.05) is 25.0 Å². The molecule has 4 aromatic rings. The number of hydrogen-bond acceptors (Lipinski definition) is 5. The molecule has 1 fully saturated rings. The summed E-state index contributed by atoms with van der Waals surface area (Å²) >= 11 is 1.40. The van der Waals surface area contributed by atoms with Crippen molar-refractivity contribution in [1.29, 1.82) is 0 Å². The van der Waals surface area contributed by atoms with Gasteiger partial charge in [-0.25, -0.2) is 13.9 Å². The Morgan fingerprint density at radius 2 is 1.90 bits per heavy atom. The average molecular weight is 436 g/mol. The number of rotatable bonds is 4. The SMILES string of the molecule is N[C@@H]1CCCCC1NC(=O)c1cc(-c2cnc3cc(-c4ccc(F)cc4)cnn23)cs1. The third-order valence-electron chi connectivity index (χ3n) is 5.79. The van der Waals surface area contributed by atoms with Gasteiger partial charge in [-0.3, -0.25) is 4.79 Å². The summed E-state index contributed by atoms with van der Waals surface area (Å²) in [6, 6.07) is 10.1. The summed E-state index contributed by atoms with van der Waals surface area (Å²) in [5.41, 5.74) is 10.3. The second-order valence-corrected chi connectivity index (χ2v) is 8.80. The van der Waals surface area contributed by atoms with Gasteiger partial charge in [0, 0.05) is 28.6 Å². The van der Waals surface area contributed by atoms with Crippen molar-refractivity contribution in [3.05, 3.63) is 64.9 Å². The van der Waals surface area contributed by atoms with Gasteiger partial charge in [0.1, 0.15) is 5.82 Å². The summed E-state index contributed by atoms with van der Waals surface area (Å²) in [5, 5.41) is 9.55. The van der Waals surface area contributed by atoms with E-state index in [1.807, 2.05) is 17.5 Å². The quantitative estimate of drug-likeness (QED) is 0.501. The molecular weight excluding hydrogens is 413 g/mol. The maximum atomic E-state index is 13.2. The number of nitrogens with one attached hydrogen (secondary N) is 1. The van der Waals surface area contributed by atoms with E-state index in [0.29, 0.717) is 10.5 Å². The summed E-state index contributed by atoms with van der Waals surface area (Å²) in [6.45, 7) is 0. The molecule has 158 valence electrons. The Hall–Kier alpha value is -3.10. The first-order chi connectivity index (χ1) is 15.1. The number of hydrogen-bond donors (Lipinski definition) is 2. The van der Waals surface area contributed by atoms with Crippen LogP contribution in [0.3, 0.4) is 0 Å². The molecule has 3 aromatic heterocycles. The van der Waals surface area contributed by atoms with Gasteiger partial charge in [-0.15, -0.1) is 11.3 Å². The molecule has 1 unspecified atom stereocenters. The third kappa shape index (κ3) is 3.96. The molecule has 1 aliphatic rings. The molecule has 0 radical (unpaired) electrons. The number of nitrogens with two attached hydrogens (primary N) is 1. The summed E-state index contributed by atoms with van der Waals surface area (Å²) in [5.74, 6) is -0.359. The Balaban J connectivity index is 1.38. The maximum Gasteiger partial charge on any atom is 0.261 e. The van der Waals surface area contributed by atoms with Crippen LogP contribution in [0.4, 0.5) is 4.39 Å². The van der Waals surface area contributed by atoms with Crippen molar-refractivity contribution in [2.24, 2.45) is 5.73 Å². The van der Waals surface area contributed by atoms with Gasteiger partial charge in [-0.2, -0.15) is 5.10 Å². The Kier molecular flexibility index (Phi) is 5.25. The number of carbonyl (C=O) groups is 1. The van der Waals surface area contributed by atoms with E-state index in [1.165, 1.54) is 23.5 Å². The maximum absolute atomic E-state index is 13.2. The number of halogens is 1. The Bertz CT molecular complexity index is 1230. The molecule has 2 atom stereocenters. The standard InChI is InChI=1S/C23H22FN5OS/c24-17-7-5-14(6-8-17)15-10-22-26-12-20(29(22)27-11-15)16-9-21(31-13-16)23(30)28-19-4-2-1-3-18(19)25/h5-13,18-19H,1-4,25H2,(H,28,30)/t18-,19?/m1/s1. The van der Waals surface area contributed by atoms with E-state index in [4.69, 9.17) is 5.73 Å². The first-order valence-corrected chi connectivity index (χ1v) is 11.2. The topological polar surface area (TPSA) is 85.3 Å². The molecule has 8 heteroatoms. The highest BCUT2D eigenvalue weighted by Crippen LogP contribution is 2.28. The number of carbonyl (C=O) groups excluding carboxylic acids is 1. The predicted octanol–water partition coefficient (Wildman–Crippen LogP) is 4.26. The molecule has 31 heavy (non-hydrogen) atoms. The molecule has 1 aliphatic carbocycles. The Morgan fingerprint density at radius 3 is 2.71 bits per heavy atom. The first-order valence-electron chi connectivity index (χ1n) is 10.3. The fourth-order valence-electron chi connectivity index (χ4n) is 4.04. The minimum Gasteiger partial charge on any atom is -0.347 e. The summed E-state index contributed by atoms with van der Waals surface area (Å²) in [7, 11) is 0. The number of benzene rings is 1. The van der Waals surface area contributed by atoms with Crippen LogP contribution in [-0.2, 0) is 0 Å². The minimum atomic E-state index is -0.274. The molecule has 0 saturated heterocycles. The van der Waals surface area contributed by atoms with Gasteiger partial charge in [0.05, 0.1) is 23.0 Å². The average Bonchev–Trinajstić information content (AvgIpc) is 3.42. The normalized spacial score (nSPS) is 18.9. The summed E-state index contributed by atoms with van der Waals surface area (Å²) in [4.78, 5) is 17.8. The van der Waals surface area contributed by atoms with Gasteiger partial charge < -0.3 is 11.1 Å². The zero-order valence-electron chi connectivity index (χ0n) is 16.8. The monoisotopic (exact) mass is 435 g/mol. The van der Waals surface area contributed by atoms with Gasteiger partial charge in [0.2, 0.25) is 0 Å². The number of imidazole rings is 1. The predicted molar refractivity (Wildman–Crippen MR) is 119 cm³/mol. The van der Waals surface area contributed by atoms with Crippen LogP contribution in [0.2, 0.25) is 0 Å². The second kappa shape index (κ2) is 8.20. The molecule has 0 bridgehead atoms. The van der Waals surface area contributed by atoms with Gasteiger partial charge in [0.15, 0.2) is 5.65 Å². The number of aromatic nitrogens is 3. The van der Waals surface area contributed by atoms with Gasteiger partial charge in [-0.05, 0) is 42.7 Å². The Labute approximate surface area is 182 Å². The number of fused-ring (bicyclic) bond motifs is 1. The van der Waals surface area contributed by atoms with E-state index >= 15 is 0 Å². The molecule has 6 nitrogen and oxygen atoms in total. The zero-order chi connectivity index (χ0) is 21.4. The highest BCUT2D eigenvalue weighted by Gasteiger charge is 2.24. The largest absolute Gasteiger partial charge is 0.347 e. The van der Waals surface area contributed by atoms with Crippen molar-refractivity contribution >= 4 is 22.9 Å². The van der Waals surface area contributed by atoms with Crippen molar-refractivity contribution in [2.75, 3.05) is 0 Å². The highest BCUT2D eigenvalue weighted by atomic mass is 32.1. The number of thiophene rings is 1. The van der Waals surface area contributed by atoms with Crippen LogP contribution in [0.1, 0.15) is 35.4 Å². The first kappa shape index (κ1) is 19.8. The molecule has 1 saturated carbocycles. The van der Waals surface area contributed by atoms with E-state index < -0.39 is 0 Å². The van der Waals surface area contributed by atoms with Crippen molar-refractivity contribution < 1.29 is 9.18 Å². The van der Waals surface area contributed by atoms with Crippen molar-refractivity contribution in [2.45, 2.75) is 37.8 Å². The minimum absolute atomic E-state index is 0.0235. The smallest absolute Gasteiger partial charge is 0.261 e. The lowest BCUT2D eigenvalue weighted by molar-refractivity contribution is 0.0925. The van der Waals surface area contributed by atoms with Crippen molar-refractivity contribution in [1.82, 2.24) is 19.9 Å². The third-order valence-corrected chi connectivity index (χ3v) is 6.72. The van der Waals surface area contributed by atoms with Crippen molar-refractivity contribution in [3.63, 3.8) is 0 Å². The van der Waals surface area contributed by atoms with Crippen molar-refractivity contribution in [3.8, 4) is 22.4 Å². The molecule has 1 aromatic carbocycles. The van der Waals surface area contributed by atoms with Crippen LogP contribution in [0.5, 0.6) is 0 Å². The lowest BCUT2D eigenvalue weighted by atomic mass is 9.91. The lowest BCUT2D eigenvalue weighted by Crippen LogP contribution is -2.49. The molecule has 0 spiro atoms. The second-order valence-electron chi connectivity index (χ2n) is 7.89. The van der Waals surface area contributed by atoms with Crippen LogP contribution < -0.4 is 11.1 Å².